The molecule has 1 saturated heterocycles. The first kappa shape index (κ1) is 13.6. The number of sulfonamides is 1. The first-order chi connectivity index (χ1) is 8.82. The lowest BCUT2D eigenvalue weighted by atomic mass is 10.0. The van der Waals surface area contributed by atoms with Crippen molar-refractivity contribution in [3.05, 3.63) is 35.9 Å². The van der Waals surface area contributed by atoms with E-state index in [9.17, 15) is 13.2 Å². The van der Waals surface area contributed by atoms with E-state index in [1.807, 2.05) is 12.1 Å². The number of carbonyl (C=O) groups is 1. The quantitative estimate of drug-likeness (QED) is 0.833. The minimum absolute atomic E-state index is 0.120. The van der Waals surface area contributed by atoms with Gasteiger partial charge in [-0.25, -0.2) is 12.7 Å². The van der Waals surface area contributed by atoms with Gasteiger partial charge in [0.15, 0.2) is 4.75 Å². The molecule has 1 atom stereocenters. The zero-order chi connectivity index (χ0) is 14.3. The molecular weight excluding hydrogens is 264 g/mol. The number of hydrogen-bond donors (Lipinski definition) is 0. The Balaban J connectivity index is 2.24. The van der Waals surface area contributed by atoms with Crippen LogP contribution >= 0.6 is 0 Å². The molecule has 0 aromatic heterocycles. The molecule has 1 aliphatic rings. The van der Waals surface area contributed by atoms with Gasteiger partial charge in [-0.1, -0.05) is 30.3 Å². The molecule has 1 fully saturated rings. The van der Waals surface area contributed by atoms with Crippen LogP contribution < -0.4 is 0 Å². The van der Waals surface area contributed by atoms with Crippen LogP contribution in [0.1, 0.15) is 25.3 Å². The van der Waals surface area contributed by atoms with Crippen LogP contribution in [-0.4, -0.2) is 29.9 Å². The summed E-state index contributed by atoms with van der Waals surface area (Å²) in [6.07, 6.45) is 0. The second kappa shape index (κ2) is 4.35. The fourth-order valence-corrected chi connectivity index (χ4v) is 3.55. The van der Waals surface area contributed by atoms with Crippen LogP contribution in [0.3, 0.4) is 0 Å². The van der Waals surface area contributed by atoms with Gasteiger partial charge in [0.2, 0.25) is 0 Å². The highest BCUT2D eigenvalue weighted by atomic mass is 32.2. The summed E-state index contributed by atoms with van der Waals surface area (Å²) in [6, 6.07) is 10.9. The molecule has 0 spiro atoms. The molecule has 6 heteroatoms. The minimum Gasteiger partial charge on any atom is -0.272 e. The van der Waals surface area contributed by atoms with E-state index in [4.69, 9.17) is 5.26 Å². The molecule has 1 heterocycles. The Morgan fingerprint density at radius 1 is 1.32 bits per heavy atom. The SMILES string of the molecule is CC1(C)C(=O)N(CC(C#N)c2ccccc2)S1(=O)=O. The summed E-state index contributed by atoms with van der Waals surface area (Å²) in [7, 11) is -3.63. The van der Waals surface area contributed by atoms with E-state index in [-0.39, 0.29) is 6.54 Å². The Morgan fingerprint density at radius 2 is 1.89 bits per heavy atom. The third kappa shape index (κ3) is 1.90. The van der Waals surface area contributed by atoms with Gasteiger partial charge in [0.1, 0.15) is 0 Å². The van der Waals surface area contributed by atoms with Crippen molar-refractivity contribution in [1.29, 1.82) is 5.26 Å². The van der Waals surface area contributed by atoms with Gasteiger partial charge in [0.05, 0.1) is 18.5 Å². The van der Waals surface area contributed by atoms with E-state index in [1.54, 1.807) is 24.3 Å². The summed E-state index contributed by atoms with van der Waals surface area (Å²) in [5.41, 5.74) is 0.706. The molecule has 0 aliphatic carbocycles. The van der Waals surface area contributed by atoms with Crippen LogP contribution in [0.5, 0.6) is 0 Å². The number of rotatable bonds is 3. The normalized spacial score (nSPS) is 21.3. The molecule has 0 N–H and O–H groups in total. The standard InChI is InChI=1S/C13H14N2O3S/c1-13(2)12(16)15(19(13,17)18)9-11(8-14)10-6-4-3-5-7-10/h3-7,11H,9H2,1-2H3. The Kier molecular flexibility index (Phi) is 3.11. The summed E-state index contributed by atoms with van der Waals surface area (Å²) in [5.74, 6) is -1.10. The van der Waals surface area contributed by atoms with Crippen LogP contribution in [0.25, 0.3) is 0 Å². The lowest BCUT2D eigenvalue weighted by Crippen LogP contribution is -2.67. The van der Waals surface area contributed by atoms with Crippen molar-refractivity contribution in [2.75, 3.05) is 6.54 Å². The number of carbonyl (C=O) groups excluding carboxylic acids is 1. The van der Waals surface area contributed by atoms with Crippen molar-refractivity contribution >= 4 is 15.9 Å². The molecule has 100 valence electrons. The molecule has 2 rings (SSSR count). The summed E-state index contributed by atoms with van der Waals surface area (Å²) < 4.78 is 23.3. The summed E-state index contributed by atoms with van der Waals surface area (Å²) in [6.45, 7) is 2.64. The Bertz CT molecular complexity index is 644. The van der Waals surface area contributed by atoms with E-state index in [0.717, 1.165) is 4.31 Å². The molecule has 0 saturated carbocycles. The van der Waals surface area contributed by atoms with Gasteiger partial charge < -0.3 is 0 Å². The van der Waals surface area contributed by atoms with Crippen molar-refractivity contribution in [3.63, 3.8) is 0 Å². The predicted octanol–water partition coefficient (Wildman–Crippen LogP) is 1.24. The van der Waals surface area contributed by atoms with Gasteiger partial charge in [-0.05, 0) is 19.4 Å². The van der Waals surface area contributed by atoms with Crippen molar-refractivity contribution in [3.8, 4) is 6.07 Å². The van der Waals surface area contributed by atoms with Crippen LogP contribution in [0.4, 0.5) is 0 Å². The van der Waals surface area contributed by atoms with E-state index in [1.165, 1.54) is 13.8 Å². The summed E-state index contributed by atoms with van der Waals surface area (Å²) >= 11 is 0. The zero-order valence-electron chi connectivity index (χ0n) is 10.7. The van der Waals surface area contributed by atoms with E-state index in [0.29, 0.717) is 5.56 Å². The number of hydrogen-bond acceptors (Lipinski definition) is 4. The predicted molar refractivity (Wildman–Crippen MR) is 69.5 cm³/mol. The van der Waals surface area contributed by atoms with Crippen LogP contribution in [0.15, 0.2) is 30.3 Å². The average Bonchev–Trinajstić information content (AvgIpc) is 2.39. The molecule has 19 heavy (non-hydrogen) atoms. The summed E-state index contributed by atoms with van der Waals surface area (Å²) in [5, 5.41) is 9.15. The van der Waals surface area contributed by atoms with E-state index in [2.05, 4.69) is 0 Å². The third-order valence-electron chi connectivity index (χ3n) is 3.38. The van der Waals surface area contributed by atoms with Crippen LogP contribution in [0.2, 0.25) is 0 Å². The maximum atomic E-state index is 12.0. The topological polar surface area (TPSA) is 78.2 Å². The highest BCUT2D eigenvalue weighted by molar-refractivity contribution is 7.94. The molecule has 1 aromatic carbocycles. The maximum absolute atomic E-state index is 12.0. The number of amides is 1. The summed E-state index contributed by atoms with van der Waals surface area (Å²) in [4.78, 5) is 11.8. The Labute approximate surface area is 112 Å². The van der Waals surface area contributed by atoms with Gasteiger partial charge in [0, 0.05) is 0 Å². The average molecular weight is 278 g/mol. The third-order valence-corrected chi connectivity index (χ3v) is 5.74. The highest BCUT2D eigenvalue weighted by Gasteiger charge is 2.60. The maximum Gasteiger partial charge on any atom is 0.258 e. The van der Waals surface area contributed by atoms with Gasteiger partial charge in [-0.15, -0.1) is 0 Å². The second-order valence-corrected chi connectivity index (χ2v) is 7.36. The van der Waals surface area contributed by atoms with E-state index >= 15 is 0 Å². The number of nitriles is 1. The first-order valence-electron chi connectivity index (χ1n) is 5.83. The molecule has 1 aromatic rings. The van der Waals surface area contributed by atoms with Crippen molar-refractivity contribution in [2.45, 2.75) is 24.5 Å². The van der Waals surface area contributed by atoms with Crippen LogP contribution in [0, 0.1) is 11.3 Å². The molecular formula is C13H14N2O3S. The molecule has 0 radical (unpaired) electrons. The van der Waals surface area contributed by atoms with E-state index < -0.39 is 26.6 Å². The fourth-order valence-electron chi connectivity index (χ4n) is 2.01. The molecule has 5 nitrogen and oxygen atoms in total. The van der Waals surface area contributed by atoms with Gasteiger partial charge in [-0.3, -0.25) is 4.79 Å². The Morgan fingerprint density at radius 3 is 2.37 bits per heavy atom. The lowest BCUT2D eigenvalue weighted by molar-refractivity contribution is -0.132. The Hall–Kier alpha value is -1.87. The van der Waals surface area contributed by atoms with Crippen molar-refractivity contribution in [1.82, 2.24) is 4.31 Å². The lowest BCUT2D eigenvalue weighted by Gasteiger charge is -2.43. The largest absolute Gasteiger partial charge is 0.272 e. The molecule has 0 bridgehead atoms. The molecule has 1 amide bonds. The van der Waals surface area contributed by atoms with Gasteiger partial charge in [0.25, 0.3) is 15.9 Å². The van der Waals surface area contributed by atoms with Crippen molar-refractivity contribution in [2.24, 2.45) is 0 Å². The first-order valence-corrected chi connectivity index (χ1v) is 7.27. The zero-order valence-corrected chi connectivity index (χ0v) is 11.5. The minimum atomic E-state index is -3.63. The van der Waals surface area contributed by atoms with Gasteiger partial charge >= 0.3 is 0 Å². The number of nitrogens with zero attached hydrogens (tertiary/aromatic N) is 2. The number of benzene rings is 1. The fraction of sp³-hybridized carbons (Fsp3) is 0.385. The monoisotopic (exact) mass is 278 g/mol. The molecule has 1 unspecified atom stereocenters. The smallest absolute Gasteiger partial charge is 0.258 e. The van der Waals surface area contributed by atoms with Crippen molar-refractivity contribution < 1.29 is 13.2 Å². The second-order valence-electron chi connectivity index (χ2n) is 4.94. The van der Waals surface area contributed by atoms with Crippen LogP contribution in [-0.2, 0) is 14.8 Å². The molecule has 1 aliphatic heterocycles. The van der Waals surface area contributed by atoms with Gasteiger partial charge in [-0.2, -0.15) is 5.26 Å². The highest BCUT2D eigenvalue weighted by Crippen LogP contribution is 2.36.